The first-order valence-electron chi connectivity index (χ1n) is 9.24. The smallest absolute Gasteiger partial charge is 0.230 e. The summed E-state index contributed by atoms with van der Waals surface area (Å²) in [5.41, 5.74) is 2.82. The van der Waals surface area contributed by atoms with Crippen LogP contribution in [0.15, 0.2) is 53.4 Å². The van der Waals surface area contributed by atoms with Gasteiger partial charge < -0.3 is 9.84 Å². The molecule has 1 aromatic carbocycles. The fraction of sp³-hybridized carbons (Fsp3) is 0.300. The molecule has 1 aliphatic rings. The van der Waals surface area contributed by atoms with Gasteiger partial charge in [-0.05, 0) is 50.6 Å². The summed E-state index contributed by atoms with van der Waals surface area (Å²) in [4.78, 5) is 13.6. The molecule has 1 aliphatic heterocycles. The molecule has 4 heterocycles. The first-order valence-corrected chi connectivity index (χ1v) is 9.24. The monoisotopic (exact) mass is 396 g/mol. The average molecular weight is 397 g/mol. The SMILES string of the molecule is C[C@H]1C[C@@H](c2nc(-c3ccc(-n4cnc5ccccc54)nc3)no2)CCN1.Cl. The zero-order chi connectivity index (χ0) is 18.2. The predicted octanol–water partition coefficient (Wildman–Crippen LogP) is 3.75. The predicted molar refractivity (Wildman–Crippen MR) is 109 cm³/mol. The van der Waals surface area contributed by atoms with Crippen molar-refractivity contribution in [2.75, 3.05) is 6.54 Å². The van der Waals surface area contributed by atoms with Gasteiger partial charge in [0.15, 0.2) is 0 Å². The van der Waals surface area contributed by atoms with Crippen molar-refractivity contribution < 1.29 is 4.52 Å². The Morgan fingerprint density at radius 3 is 2.86 bits per heavy atom. The number of aromatic nitrogens is 5. The maximum Gasteiger partial charge on any atom is 0.230 e. The van der Waals surface area contributed by atoms with E-state index in [1.807, 2.05) is 41.0 Å². The Labute approximate surface area is 168 Å². The molecule has 0 bridgehead atoms. The second kappa shape index (κ2) is 7.69. The number of hydrogen-bond acceptors (Lipinski definition) is 6. The molecule has 144 valence electrons. The zero-order valence-corrected chi connectivity index (χ0v) is 16.3. The molecular weight excluding hydrogens is 376 g/mol. The van der Waals surface area contributed by atoms with Gasteiger partial charge in [0.05, 0.1) is 11.0 Å². The Hall–Kier alpha value is -2.77. The number of piperidine rings is 1. The third-order valence-corrected chi connectivity index (χ3v) is 5.12. The number of nitrogens with one attached hydrogen (secondary N) is 1. The molecule has 0 radical (unpaired) electrons. The van der Waals surface area contributed by atoms with Gasteiger partial charge in [-0.3, -0.25) is 4.57 Å². The van der Waals surface area contributed by atoms with Crippen LogP contribution in [0.4, 0.5) is 0 Å². The molecule has 5 rings (SSSR count). The van der Waals surface area contributed by atoms with Crippen LogP contribution in [-0.4, -0.2) is 37.3 Å². The number of rotatable bonds is 3. The number of benzene rings is 1. The van der Waals surface area contributed by atoms with Gasteiger partial charge in [0.2, 0.25) is 11.7 Å². The van der Waals surface area contributed by atoms with Crippen LogP contribution in [-0.2, 0) is 0 Å². The highest BCUT2D eigenvalue weighted by atomic mass is 35.5. The summed E-state index contributed by atoms with van der Waals surface area (Å²) in [6, 6.07) is 12.4. The van der Waals surface area contributed by atoms with E-state index in [0.29, 0.717) is 17.8 Å². The van der Waals surface area contributed by atoms with Gasteiger partial charge in [-0.2, -0.15) is 4.98 Å². The fourth-order valence-corrected chi connectivity index (χ4v) is 3.68. The largest absolute Gasteiger partial charge is 0.339 e. The summed E-state index contributed by atoms with van der Waals surface area (Å²) in [7, 11) is 0. The molecule has 7 nitrogen and oxygen atoms in total. The van der Waals surface area contributed by atoms with E-state index < -0.39 is 0 Å². The zero-order valence-electron chi connectivity index (χ0n) is 15.4. The van der Waals surface area contributed by atoms with E-state index in [1.54, 1.807) is 12.5 Å². The van der Waals surface area contributed by atoms with Crippen LogP contribution < -0.4 is 5.32 Å². The van der Waals surface area contributed by atoms with Crippen LogP contribution in [0.1, 0.15) is 31.6 Å². The maximum atomic E-state index is 5.54. The highest BCUT2D eigenvalue weighted by Crippen LogP contribution is 2.28. The second-order valence-electron chi connectivity index (χ2n) is 7.04. The Balaban J connectivity index is 0.00000192. The van der Waals surface area contributed by atoms with Crippen LogP contribution >= 0.6 is 12.4 Å². The van der Waals surface area contributed by atoms with Gasteiger partial charge in [0, 0.05) is 23.7 Å². The number of halogens is 1. The normalized spacial score (nSPS) is 19.5. The van der Waals surface area contributed by atoms with E-state index in [9.17, 15) is 0 Å². The number of fused-ring (bicyclic) bond motifs is 1. The van der Waals surface area contributed by atoms with E-state index in [4.69, 9.17) is 4.52 Å². The fourth-order valence-electron chi connectivity index (χ4n) is 3.68. The lowest BCUT2D eigenvalue weighted by molar-refractivity contribution is 0.295. The van der Waals surface area contributed by atoms with Gasteiger partial charge in [0.1, 0.15) is 12.1 Å². The maximum absolute atomic E-state index is 5.54. The molecule has 1 saturated heterocycles. The first-order chi connectivity index (χ1) is 13.3. The quantitative estimate of drug-likeness (QED) is 0.568. The molecule has 0 saturated carbocycles. The molecule has 4 aromatic rings. The second-order valence-corrected chi connectivity index (χ2v) is 7.04. The Morgan fingerprint density at radius 1 is 1.14 bits per heavy atom. The lowest BCUT2D eigenvalue weighted by Crippen LogP contribution is -2.34. The molecule has 1 fully saturated rings. The molecule has 1 N–H and O–H groups in total. The van der Waals surface area contributed by atoms with Gasteiger partial charge in [-0.1, -0.05) is 17.3 Å². The van der Waals surface area contributed by atoms with Gasteiger partial charge in [-0.15, -0.1) is 12.4 Å². The molecule has 0 spiro atoms. The molecule has 3 aromatic heterocycles. The van der Waals surface area contributed by atoms with Crippen molar-refractivity contribution in [3.8, 4) is 17.2 Å². The molecule has 0 aliphatic carbocycles. The van der Waals surface area contributed by atoms with Crippen LogP contribution in [0.2, 0.25) is 0 Å². The van der Waals surface area contributed by atoms with E-state index in [-0.39, 0.29) is 12.4 Å². The molecular formula is C20H21ClN6O. The van der Waals surface area contributed by atoms with E-state index in [1.165, 1.54) is 0 Å². The van der Waals surface area contributed by atoms with Crippen molar-refractivity contribution in [3.05, 3.63) is 54.8 Å². The van der Waals surface area contributed by atoms with Gasteiger partial charge >= 0.3 is 0 Å². The molecule has 0 amide bonds. The number of hydrogen-bond donors (Lipinski definition) is 1. The Bertz CT molecular complexity index is 1070. The van der Waals surface area contributed by atoms with Crippen molar-refractivity contribution in [2.24, 2.45) is 0 Å². The summed E-state index contributed by atoms with van der Waals surface area (Å²) in [6.45, 7) is 3.17. The standard InChI is InChI=1S/C20H20N6O.ClH/c1-13-10-14(8-9-21-13)20-24-19(25-27-20)15-6-7-18(22-11-15)26-12-23-16-4-2-3-5-17(16)26;/h2-7,11-14,21H,8-10H2,1H3;1H/t13-,14-;/m0./s1. The summed E-state index contributed by atoms with van der Waals surface area (Å²) in [5.74, 6) is 2.45. The summed E-state index contributed by atoms with van der Waals surface area (Å²) < 4.78 is 7.50. The van der Waals surface area contributed by atoms with Crippen molar-refractivity contribution in [1.82, 2.24) is 30.0 Å². The lowest BCUT2D eigenvalue weighted by atomic mass is 9.93. The number of imidazole rings is 1. The summed E-state index contributed by atoms with van der Waals surface area (Å²) in [6.07, 6.45) is 5.62. The number of pyridine rings is 1. The van der Waals surface area contributed by atoms with Gasteiger partial charge in [-0.25, -0.2) is 9.97 Å². The molecule has 2 atom stereocenters. The molecule has 0 unspecified atom stereocenters. The minimum Gasteiger partial charge on any atom is -0.339 e. The number of nitrogens with zero attached hydrogens (tertiary/aromatic N) is 5. The minimum atomic E-state index is 0. The van der Waals surface area contributed by atoms with E-state index >= 15 is 0 Å². The van der Waals surface area contributed by atoms with Crippen molar-refractivity contribution in [2.45, 2.75) is 31.7 Å². The van der Waals surface area contributed by atoms with Crippen LogP contribution in [0.25, 0.3) is 28.2 Å². The topological polar surface area (TPSA) is 81.7 Å². The lowest BCUT2D eigenvalue weighted by Gasteiger charge is -2.25. The Morgan fingerprint density at radius 2 is 2.04 bits per heavy atom. The molecule has 8 heteroatoms. The number of para-hydroxylation sites is 2. The highest BCUT2D eigenvalue weighted by Gasteiger charge is 2.25. The third-order valence-electron chi connectivity index (χ3n) is 5.12. The summed E-state index contributed by atoms with van der Waals surface area (Å²) >= 11 is 0. The van der Waals surface area contributed by atoms with E-state index in [2.05, 4.69) is 32.3 Å². The van der Waals surface area contributed by atoms with Crippen LogP contribution in [0, 0.1) is 0 Å². The van der Waals surface area contributed by atoms with Crippen molar-refractivity contribution >= 4 is 23.4 Å². The average Bonchev–Trinajstić information content (AvgIpc) is 3.36. The van der Waals surface area contributed by atoms with E-state index in [0.717, 1.165) is 47.7 Å². The Kier molecular flexibility index (Phi) is 5.11. The molecule has 28 heavy (non-hydrogen) atoms. The first kappa shape index (κ1) is 18.6. The highest BCUT2D eigenvalue weighted by molar-refractivity contribution is 5.85. The van der Waals surface area contributed by atoms with Crippen molar-refractivity contribution in [1.29, 1.82) is 0 Å². The van der Waals surface area contributed by atoms with Crippen LogP contribution in [0.5, 0.6) is 0 Å². The van der Waals surface area contributed by atoms with Gasteiger partial charge in [0.25, 0.3) is 0 Å². The van der Waals surface area contributed by atoms with Crippen LogP contribution in [0.3, 0.4) is 0 Å². The van der Waals surface area contributed by atoms with Crippen molar-refractivity contribution in [3.63, 3.8) is 0 Å². The minimum absolute atomic E-state index is 0. The third kappa shape index (κ3) is 3.39. The summed E-state index contributed by atoms with van der Waals surface area (Å²) in [5, 5.41) is 7.61.